The first-order valence-corrected chi connectivity index (χ1v) is 5.90. The molecule has 0 aromatic heterocycles. The maximum atomic E-state index is 12.6. The first kappa shape index (κ1) is 13.7. The zero-order valence-electron chi connectivity index (χ0n) is 10.1. The van der Waals surface area contributed by atoms with E-state index in [1.807, 2.05) is 0 Å². The summed E-state index contributed by atoms with van der Waals surface area (Å²) in [5.41, 5.74) is 7.48. The van der Waals surface area contributed by atoms with Gasteiger partial charge in [-0.15, -0.1) is 0 Å². The summed E-state index contributed by atoms with van der Waals surface area (Å²) >= 11 is 5.80. The van der Waals surface area contributed by atoms with Crippen LogP contribution >= 0.6 is 11.6 Å². The first-order valence-electron chi connectivity index (χ1n) is 5.52. The van der Waals surface area contributed by atoms with Crippen molar-refractivity contribution in [1.82, 2.24) is 0 Å². The molecule has 0 saturated carbocycles. The van der Waals surface area contributed by atoms with E-state index in [4.69, 9.17) is 17.3 Å². The van der Waals surface area contributed by atoms with Crippen LogP contribution in [0.1, 0.15) is 11.1 Å². The minimum absolute atomic E-state index is 0.440. The average Bonchev–Trinajstić information content (AvgIpc) is 2.28. The number of nitrogens with two attached hydrogens (primary N) is 1. The van der Waals surface area contributed by atoms with Crippen molar-refractivity contribution < 1.29 is 13.2 Å². The van der Waals surface area contributed by atoms with Crippen molar-refractivity contribution in [3.8, 4) is 11.1 Å². The lowest BCUT2D eigenvalue weighted by Crippen LogP contribution is -2.05. The van der Waals surface area contributed by atoms with Crippen molar-refractivity contribution in [2.75, 3.05) is 5.73 Å². The van der Waals surface area contributed by atoms with Gasteiger partial charge in [-0.25, -0.2) is 0 Å². The summed E-state index contributed by atoms with van der Waals surface area (Å²) in [6.45, 7) is 1.62. The molecule has 0 heterocycles. The fourth-order valence-corrected chi connectivity index (χ4v) is 2.10. The molecule has 0 amide bonds. The lowest BCUT2D eigenvalue weighted by atomic mass is 9.97. The van der Waals surface area contributed by atoms with Crippen LogP contribution in [0, 0.1) is 6.92 Å². The number of alkyl halides is 3. The average molecular weight is 286 g/mol. The highest BCUT2D eigenvalue weighted by Gasteiger charge is 2.30. The Hall–Kier alpha value is -1.68. The number of benzene rings is 2. The SMILES string of the molecule is Cc1cc(C(F)(F)F)ccc1-c1ccc(Cl)cc1N. The Kier molecular flexibility index (Phi) is 3.45. The number of hydrogen-bond acceptors (Lipinski definition) is 1. The van der Waals surface area contributed by atoms with Crippen molar-refractivity contribution in [3.05, 3.63) is 52.5 Å². The monoisotopic (exact) mass is 285 g/mol. The number of hydrogen-bond donors (Lipinski definition) is 1. The van der Waals surface area contributed by atoms with Crippen molar-refractivity contribution in [2.45, 2.75) is 13.1 Å². The van der Waals surface area contributed by atoms with Gasteiger partial charge in [-0.3, -0.25) is 0 Å². The van der Waals surface area contributed by atoms with Crippen LogP contribution in [0.4, 0.5) is 18.9 Å². The van der Waals surface area contributed by atoms with Gasteiger partial charge >= 0.3 is 6.18 Å². The molecule has 2 aromatic rings. The Labute approximate surface area is 113 Å². The Morgan fingerprint density at radius 3 is 2.16 bits per heavy atom. The molecule has 0 saturated heterocycles. The molecule has 0 atom stereocenters. The third-order valence-corrected chi connectivity index (χ3v) is 3.09. The Bertz CT molecular complexity index is 621. The number of nitrogen functional groups attached to an aromatic ring is 1. The molecule has 1 nitrogen and oxygen atoms in total. The smallest absolute Gasteiger partial charge is 0.398 e. The molecule has 0 radical (unpaired) electrons. The van der Waals surface area contributed by atoms with E-state index in [-0.39, 0.29) is 0 Å². The van der Waals surface area contributed by atoms with Gasteiger partial charge in [-0.05, 0) is 42.3 Å². The number of halogens is 4. The first-order chi connectivity index (χ1) is 8.79. The van der Waals surface area contributed by atoms with E-state index in [9.17, 15) is 13.2 Å². The second-order valence-corrected chi connectivity index (χ2v) is 4.70. The van der Waals surface area contributed by atoms with Crippen molar-refractivity contribution in [1.29, 1.82) is 0 Å². The molecular weight excluding hydrogens is 275 g/mol. The molecule has 0 aliphatic heterocycles. The second-order valence-electron chi connectivity index (χ2n) is 4.26. The molecule has 2 N–H and O–H groups in total. The highest BCUT2D eigenvalue weighted by Crippen LogP contribution is 2.35. The molecular formula is C14H11ClF3N. The van der Waals surface area contributed by atoms with E-state index in [1.165, 1.54) is 6.07 Å². The van der Waals surface area contributed by atoms with Crippen LogP contribution in [0.25, 0.3) is 11.1 Å². The van der Waals surface area contributed by atoms with Crippen LogP contribution in [0.15, 0.2) is 36.4 Å². The van der Waals surface area contributed by atoms with Crippen molar-refractivity contribution >= 4 is 17.3 Å². The minimum atomic E-state index is -4.34. The normalized spacial score (nSPS) is 11.6. The van der Waals surface area contributed by atoms with Gasteiger partial charge in [-0.1, -0.05) is 23.7 Å². The summed E-state index contributed by atoms with van der Waals surface area (Å²) in [6, 6.07) is 8.53. The highest BCUT2D eigenvalue weighted by atomic mass is 35.5. The number of aryl methyl sites for hydroxylation is 1. The summed E-state index contributed by atoms with van der Waals surface area (Å²) in [6.07, 6.45) is -4.34. The van der Waals surface area contributed by atoms with E-state index in [0.717, 1.165) is 12.1 Å². The third kappa shape index (κ3) is 2.84. The largest absolute Gasteiger partial charge is 0.416 e. The van der Waals surface area contributed by atoms with Crippen LogP contribution in [0.5, 0.6) is 0 Å². The molecule has 0 fully saturated rings. The van der Waals surface area contributed by atoms with Gasteiger partial charge < -0.3 is 5.73 Å². The fourth-order valence-electron chi connectivity index (χ4n) is 1.92. The summed E-state index contributed by atoms with van der Waals surface area (Å²) in [5, 5.41) is 0.491. The van der Waals surface area contributed by atoms with Crippen LogP contribution in [-0.4, -0.2) is 0 Å². The fraction of sp³-hybridized carbons (Fsp3) is 0.143. The second kappa shape index (κ2) is 4.78. The standard InChI is InChI=1S/C14H11ClF3N/c1-8-6-9(14(16,17)18)2-4-11(8)12-5-3-10(15)7-13(12)19/h2-7H,19H2,1H3. The van der Waals surface area contributed by atoms with E-state index in [1.54, 1.807) is 25.1 Å². The van der Waals surface area contributed by atoms with Gasteiger partial charge in [0.25, 0.3) is 0 Å². The van der Waals surface area contributed by atoms with E-state index in [2.05, 4.69) is 0 Å². The van der Waals surface area contributed by atoms with E-state index in [0.29, 0.717) is 27.4 Å². The van der Waals surface area contributed by atoms with Crippen molar-refractivity contribution in [2.24, 2.45) is 0 Å². The lowest BCUT2D eigenvalue weighted by molar-refractivity contribution is -0.137. The van der Waals surface area contributed by atoms with E-state index >= 15 is 0 Å². The number of rotatable bonds is 1. The van der Waals surface area contributed by atoms with E-state index < -0.39 is 11.7 Å². The van der Waals surface area contributed by atoms with Gasteiger partial charge in [0.15, 0.2) is 0 Å². The Balaban J connectivity index is 2.52. The molecule has 100 valence electrons. The van der Waals surface area contributed by atoms with Crippen LogP contribution in [-0.2, 0) is 6.18 Å². The summed E-state index contributed by atoms with van der Waals surface area (Å²) in [5.74, 6) is 0. The molecule has 0 aliphatic rings. The number of anilines is 1. The molecule has 0 unspecified atom stereocenters. The predicted octanol–water partition coefficient (Wildman–Crippen LogP) is 4.92. The van der Waals surface area contributed by atoms with Gasteiger partial charge in [0.1, 0.15) is 0 Å². The van der Waals surface area contributed by atoms with Gasteiger partial charge in [0.05, 0.1) is 5.56 Å². The topological polar surface area (TPSA) is 26.0 Å². The van der Waals surface area contributed by atoms with Crippen molar-refractivity contribution in [3.63, 3.8) is 0 Å². The Morgan fingerprint density at radius 1 is 1.00 bits per heavy atom. The quantitative estimate of drug-likeness (QED) is 0.740. The zero-order chi connectivity index (χ0) is 14.2. The molecule has 0 bridgehead atoms. The predicted molar refractivity (Wildman–Crippen MR) is 71.0 cm³/mol. The van der Waals surface area contributed by atoms with Crippen LogP contribution in [0.2, 0.25) is 5.02 Å². The molecule has 19 heavy (non-hydrogen) atoms. The van der Waals surface area contributed by atoms with Gasteiger partial charge in [0, 0.05) is 16.3 Å². The minimum Gasteiger partial charge on any atom is -0.398 e. The molecule has 0 spiro atoms. The zero-order valence-corrected chi connectivity index (χ0v) is 10.8. The Morgan fingerprint density at radius 2 is 1.63 bits per heavy atom. The third-order valence-electron chi connectivity index (χ3n) is 2.86. The highest BCUT2D eigenvalue weighted by molar-refractivity contribution is 6.31. The van der Waals surface area contributed by atoms with Gasteiger partial charge in [-0.2, -0.15) is 13.2 Å². The van der Waals surface area contributed by atoms with Gasteiger partial charge in [0.2, 0.25) is 0 Å². The molecule has 5 heteroatoms. The molecule has 2 rings (SSSR count). The lowest BCUT2D eigenvalue weighted by Gasteiger charge is -2.13. The van der Waals surface area contributed by atoms with Crippen LogP contribution in [0.3, 0.4) is 0 Å². The summed E-state index contributed by atoms with van der Waals surface area (Å²) in [4.78, 5) is 0. The molecule has 2 aromatic carbocycles. The summed E-state index contributed by atoms with van der Waals surface area (Å²) < 4.78 is 37.8. The maximum Gasteiger partial charge on any atom is 0.416 e. The van der Waals surface area contributed by atoms with Crippen LogP contribution < -0.4 is 5.73 Å². The maximum absolute atomic E-state index is 12.6. The molecule has 0 aliphatic carbocycles. The summed E-state index contributed by atoms with van der Waals surface area (Å²) in [7, 11) is 0.